The maximum atomic E-state index is 13.2. The number of likely N-dealkylation sites (tertiary alicyclic amines) is 1. The van der Waals surface area contributed by atoms with E-state index in [0.29, 0.717) is 29.5 Å². The van der Waals surface area contributed by atoms with Crippen molar-refractivity contribution >= 4 is 5.91 Å². The first-order valence-corrected chi connectivity index (χ1v) is 11.6. The van der Waals surface area contributed by atoms with Crippen molar-refractivity contribution in [2.45, 2.75) is 31.8 Å². The van der Waals surface area contributed by atoms with Crippen LogP contribution in [-0.4, -0.2) is 38.1 Å². The molecule has 3 aromatic rings. The molecule has 0 saturated carbocycles. The molecule has 1 aliphatic rings. The summed E-state index contributed by atoms with van der Waals surface area (Å²) in [4.78, 5) is 15.4. The van der Waals surface area contributed by atoms with Crippen LogP contribution < -0.4 is 14.8 Å². The van der Waals surface area contributed by atoms with Gasteiger partial charge in [0.1, 0.15) is 22.9 Å². The van der Waals surface area contributed by atoms with Crippen LogP contribution in [0.1, 0.15) is 45.8 Å². The Hall–Kier alpha value is -3.38. The first-order valence-electron chi connectivity index (χ1n) is 11.6. The minimum Gasteiger partial charge on any atom is -0.496 e. The number of piperidine rings is 1. The molecule has 1 heterocycles. The predicted molar refractivity (Wildman–Crippen MR) is 131 cm³/mol. The number of hydrogen-bond donors (Lipinski definition) is 1. The Kier molecular flexibility index (Phi) is 7.80. The summed E-state index contributed by atoms with van der Waals surface area (Å²) in [6.07, 6.45) is 2.10. The van der Waals surface area contributed by atoms with Crippen LogP contribution in [0.3, 0.4) is 0 Å². The third-order valence-electron chi connectivity index (χ3n) is 6.50. The van der Waals surface area contributed by atoms with Crippen LogP contribution in [0.2, 0.25) is 0 Å². The predicted octanol–water partition coefficient (Wildman–Crippen LogP) is 5.15. The van der Waals surface area contributed by atoms with Gasteiger partial charge in [0, 0.05) is 13.1 Å². The van der Waals surface area contributed by atoms with Crippen molar-refractivity contribution in [2.24, 2.45) is 0 Å². The molecule has 0 radical (unpaired) electrons. The summed E-state index contributed by atoms with van der Waals surface area (Å²) in [5.74, 6) is 0.990. The van der Waals surface area contributed by atoms with Crippen molar-refractivity contribution in [3.05, 3.63) is 94.8 Å². The molecule has 0 unspecified atom stereocenters. The fourth-order valence-corrected chi connectivity index (χ4v) is 4.68. The number of nitrogens with zero attached hydrogens (tertiary/aromatic N) is 1. The Morgan fingerprint density at radius 2 is 1.59 bits per heavy atom. The highest BCUT2D eigenvalue weighted by atomic mass is 19.1. The van der Waals surface area contributed by atoms with E-state index in [0.717, 1.165) is 43.6 Å². The van der Waals surface area contributed by atoms with Gasteiger partial charge in [-0.3, -0.25) is 9.69 Å². The van der Waals surface area contributed by atoms with E-state index in [2.05, 4.69) is 28.4 Å². The molecule has 34 heavy (non-hydrogen) atoms. The summed E-state index contributed by atoms with van der Waals surface area (Å²) >= 11 is 0. The molecular formula is C28H31FN2O3. The van der Waals surface area contributed by atoms with Gasteiger partial charge < -0.3 is 14.8 Å². The van der Waals surface area contributed by atoms with Crippen molar-refractivity contribution in [2.75, 3.05) is 27.3 Å². The number of hydrogen-bond acceptors (Lipinski definition) is 4. The minimum atomic E-state index is -0.224. The van der Waals surface area contributed by atoms with Crippen molar-refractivity contribution in [1.29, 1.82) is 0 Å². The van der Waals surface area contributed by atoms with Crippen LogP contribution in [0.25, 0.3) is 0 Å². The zero-order chi connectivity index (χ0) is 23.9. The highest BCUT2D eigenvalue weighted by molar-refractivity contribution is 5.99. The van der Waals surface area contributed by atoms with Gasteiger partial charge in [0.05, 0.1) is 14.2 Å². The molecule has 1 fully saturated rings. The third kappa shape index (κ3) is 5.57. The molecule has 6 heteroatoms. The third-order valence-corrected chi connectivity index (χ3v) is 6.50. The van der Waals surface area contributed by atoms with Crippen LogP contribution in [0.4, 0.5) is 4.39 Å². The Labute approximate surface area is 200 Å². The molecule has 0 bridgehead atoms. The monoisotopic (exact) mass is 462 g/mol. The maximum absolute atomic E-state index is 13.2. The zero-order valence-electron chi connectivity index (χ0n) is 19.7. The Balaban J connectivity index is 1.39. The number of rotatable bonds is 8. The van der Waals surface area contributed by atoms with Crippen molar-refractivity contribution in [3.63, 3.8) is 0 Å². The van der Waals surface area contributed by atoms with Crippen LogP contribution in [0.15, 0.2) is 66.7 Å². The van der Waals surface area contributed by atoms with E-state index < -0.39 is 0 Å². The van der Waals surface area contributed by atoms with E-state index in [1.807, 2.05) is 18.2 Å². The lowest BCUT2D eigenvalue weighted by atomic mass is 9.86. The highest BCUT2D eigenvalue weighted by Crippen LogP contribution is 2.32. The average Bonchev–Trinajstić information content (AvgIpc) is 2.88. The Morgan fingerprint density at radius 1 is 0.941 bits per heavy atom. The molecule has 1 aliphatic heterocycles. The number of benzene rings is 3. The van der Waals surface area contributed by atoms with E-state index in [1.165, 1.54) is 17.7 Å². The summed E-state index contributed by atoms with van der Waals surface area (Å²) in [5.41, 5.74) is 3.95. The summed E-state index contributed by atoms with van der Waals surface area (Å²) in [7, 11) is 3.09. The molecule has 0 atom stereocenters. The Morgan fingerprint density at radius 3 is 2.24 bits per heavy atom. The lowest BCUT2D eigenvalue weighted by Gasteiger charge is -2.33. The topological polar surface area (TPSA) is 50.8 Å². The van der Waals surface area contributed by atoms with Crippen molar-refractivity contribution in [3.8, 4) is 11.5 Å². The summed E-state index contributed by atoms with van der Waals surface area (Å²) in [6.45, 7) is 3.25. The van der Waals surface area contributed by atoms with Crippen LogP contribution in [0, 0.1) is 5.82 Å². The largest absolute Gasteiger partial charge is 0.496 e. The maximum Gasteiger partial charge on any atom is 0.259 e. The number of nitrogens with one attached hydrogen (secondary N) is 1. The smallest absolute Gasteiger partial charge is 0.259 e. The molecule has 178 valence electrons. The second-order valence-electron chi connectivity index (χ2n) is 8.60. The quantitative estimate of drug-likeness (QED) is 0.503. The second-order valence-corrected chi connectivity index (χ2v) is 8.60. The van der Waals surface area contributed by atoms with E-state index in [9.17, 15) is 9.18 Å². The Bertz CT molecular complexity index is 1090. The van der Waals surface area contributed by atoms with Crippen molar-refractivity contribution < 1.29 is 18.7 Å². The van der Waals surface area contributed by atoms with Crippen LogP contribution in [-0.2, 0) is 13.1 Å². The summed E-state index contributed by atoms with van der Waals surface area (Å²) in [6, 6.07) is 20.4. The van der Waals surface area contributed by atoms with Gasteiger partial charge >= 0.3 is 0 Å². The normalized spacial score (nSPS) is 14.6. The van der Waals surface area contributed by atoms with Gasteiger partial charge in [0.25, 0.3) is 5.91 Å². The van der Waals surface area contributed by atoms with Crippen LogP contribution >= 0.6 is 0 Å². The number of carbonyl (C=O) groups excluding carboxylic acids is 1. The number of carbonyl (C=O) groups is 1. The molecule has 0 aliphatic carbocycles. The average molecular weight is 463 g/mol. The number of ether oxygens (including phenoxy) is 2. The fourth-order valence-electron chi connectivity index (χ4n) is 4.68. The first-order chi connectivity index (χ1) is 16.6. The van der Waals surface area contributed by atoms with Gasteiger partial charge in [0.15, 0.2) is 0 Å². The minimum absolute atomic E-state index is 0.199. The molecule has 0 spiro atoms. The van der Waals surface area contributed by atoms with Crippen LogP contribution in [0.5, 0.6) is 11.5 Å². The molecule has 4 rings (SSSR count). The van der Waals surface area contributed by atoms with Gasteiger partial charge in [-0.15, -0.1) is 0 Å². The molecule has 3 aromatic carbocycles. The van der Waals surface area contributed by atoms with Gasteiger partial charge in [-0.1, -0.05) is 42.5 Å². The SMILES string of the molecule is COc1cccc(OC)c1C(=O)NCc1ccccc1C1CCN(Cc2ccc(F)cc2)CC1. The lowest BCUT2D eigenvalue weighted by molar-refractivity contribution is 0.0944. The van der Waals surface area contributed by atoms with Gasteiger partial charge in [-0.2, -0.15) is 0 Å². The molecule has 1 saturated heterocycles. The fraction of sp³-hybridized carbons (Fsp3) is 0.321. The van der Waals surface area contributed by atoms with E-state index >= 15 is 0 Å². The lowest BCUT2D eigenvalue weighted by Crippen LogP contribution is -2.33. The molecule has 1 N–H and O–H groups in total. The highest BCUT2D eigenvalue weighted by Gasteiger charge is 2.23. The number of halogens is 1. The first kappa shape index (κ1) is 23.8. The number of methoxy groups -OCH3 is 2. The van der Waals surface area contributed by atoms with E-state index in [1.54, 1.807) is 32.4 Å². The molecule has 5 nitrogen and oxygen atoms in total. The standard InChI is InChI=1S/C28H31FN2O3/c1-33-25-8-5-9-26(34-2)27(25)28(32)30-18-22-6-3-4-7-24(22)21-14-16-31(17-15-21)19-20-10-12-23(29)13-11-20/h3-13,21H,14-19H2,1-2H3,(H,30,32). The summed E-state index contributed by atoms with van der Waals surface area (Å²) in [5, 5.41) is 3.05. The molecular weight excluding hydrogens is 431 g/mol. The van der Waals surface area contributed by atoms with Gasteiger partial charge in [-0.05, 0) is 72.8 Å². The van der Waals surface area contributed by atoms with Gasteiger partial charge in [-0.25, -0.2) is 4.39 Å². The van der Waals surface area contributed by atoms with Crippen molar-refractivity contribution in [1.82, 2.24) is 10.2 Å². The molecule has 1 amide bonds. The second kappa shape index (κ2) is 11.2. The number of amides is 1. The van der Waals surface area contributed by atoms with Gasteiger partial charge in [0.2, 0.25) is 0 Å². The van der Waals surface area contributed by atoms with E-state index in [-0.39, 0.29) is 11.7 Å². The summed E-state index contributed by atoms with van der Waals surface area (Å²) < 4.78 is 23.9. The zero-order valence-corrected chi connectivity index (χ0v) is 19.7. The molecule has 0 aromatic heterocycles. The van der Waals surface area contributed by atoms with E-state index in [4.69, 9.17) is 9.47 Å².